The van der Waals surface area contributed by atoms with Crippen LogP contribution in [0, 0.1) is 6.92 Å². The molecule has 0 radical (unpaired) electrons. The molecule has 1 aromatic heterocycles. The fourth-order valence-corrected chi connectivity index (χ4v) is 1.77. The van der Waals surface area contributed by atoms with E-state index in [4.69, 9.17) is 9.15 Å². The number of oxazole rings is 1. The molecule has 0 atom stereocenters. The Morgan fingerprint density at radius 2 is 1.95 bits per heavy atom. The molecule has 0 aliphatic heterocycles. The number of aryl methyl sites for hydroxylation is 1. The molecule has 112 valence electrons. The van der Waals surface area contributed by atoms with E-state index in [-0.39, 0.29) is 6.54 Å². The van der Waals surface area contributed by atoms with Gasteiger partial charge in [-0.1, -0.05) is 18.2 Å². The van der Waals surface area contributed by atoms with Gasteiger partial charge in [-0.2, -0.15) is 0 Å². The van der Waals surface area contributed by atoms with E-state index in [1.54, 1.807) is 0 Å². The summed E-state index contributed by atoms with van der Waals surface area (Å²) in [7, 11) is 0. The maximum atomic E-state index is 11.6. The van der Waals surface area contributed by atoms with Gasteiger partial charge in [0, 0.05) is 5.56 Å². The molecule has 0 aliphatic rings. The molecule has 0 spiro atoms. The Morgan fingerprint density at radius 1 is 1.29 bits per heavy atom. The zero-order chi connectivity index (χ0) is 15.5. The summed E-state index contributed by atoms with van der Waals surface area (Å²) in [5.74, 6) is 1.24. The smallest absolute Gasteiger partial charge is 0.407 e. The third-order valence-electron chi connectivity index (χ3n) is 2.71. The molecule has 21 heavy (non-hydrogen) atoms. The fraction of sp³-hybridized carbons (Fsp3) is 0.375. The molecular weight excluding hydrogens is 268 g/mol. The molecule has 5 nitrogen and oxygen atoms in total. The van der Waals surface area contributed by atoms with E-state index in [1.807, 2.05) is 58.0 Å². The third-order valence-corrected chi connectivity index (χ3v) is 2.71. The Morgan fingerprint density at radius 3 is 2.57 bits per heavy atom. The summed E-state index contributed by atoms with van der Waals surface area (Å²) in [6.45, 7) is 7.56. The number of hydrogen-bond acceptors (Lipinski definition) is 4. The van der Waals surface area contributed by atoms with Gasteiger partial charge in [-0.25, -0.2) is 9.78 Å². The van der Waals surface area contributed by atoms with Gasteiger partial charge >= 0.3 is 6.09 Å². The fourth-order valence-electron chi connectivity index (χ4n) is 1.77. The second kappa shape index (κ2) is 5.99. The van der Waals surface area contributed by atoms with Gasteiger partial charge in [0.05, 0.1) is 6.54 Å². The highest BCUT2D eigenvalue weighted by Crippen LogP contribution is 2.21. The molecule has 0 unspecified atom stereocenters. The van der Waals surface area contributed by atoms with Crippen molar-refractivity contribution in [2.45, 2.75) is 39.8 Å². The number of benzene rings is 1. The second-order valence-electron chi connectivity index (χ2n) is 5.74. The first-order valence-electron chi connectivity index (χ1n) is 6.84. The summed E-state index contributed by atoms with van der Waals surface area (Å²) in [6, 6.07) is 9.64. The average molecular weight is 288 g/mol. The maximum absolute atomic E-state index is 11.6. The highest BCUT2D eigenvalue weighted by atomic mass is 16.6. The van der Waals surface area contributed by atoms with Crippen LogP contribution in [-0.2, 0) is 11.3 Å². The molecule has 0 bridgehead atoms. The quantitative estimate of drug-likeness (QED) is 0.935. The number of nitrogens with zero attached hydrogens (tertiary/aromatic N) is 1. The van der Waals surface area contributed by atoms with Crippen LogP contribution in [0.3, 0.4) is 0 Å². The normalized spacial score (nSPS) is 11.2. The second-order valence-corrected chi connectivity index (χ2v) is 5.74. The van der Waals surface area contributed by atoms with Crippen LogP contribution in [0.25, 0.3) is 11.5 Å². The van der Waals surface area contributed by atoms with E-state index in [0.29, 0.717) is 17.3 Å². The van der Waals surface area contributed by atoms with Crippen molar-refractivity contribution in [3.05, 3.63) is 41.8 Å². The summed E-state index contributed by atoms with van der Waals surface area (Å²) in [5.41, 5.74) is 1.09. The Bertz CT molecular complexity index is 612. The number of amides is 1. The molecule has 1 N–H and O–H groups in total. The molecule has 0 saturated carbocycles. The van der Waals surface area contributed by atoms with E-state index in [9.17, 15) is 4.79 Å². The van der Waals surface area contributed by atoms with Gasteiger partial charge in [0.15, 0.2) is 0 Å². The van der Waals surface area contributed by atoms with Gasteiger partial charge in [-0.3, -0.25) is 0 Å². The van der Waals surface area contributed by atoms with Crippen molar-refractivity contribution in [2.24, 2.45) is 0 Å². The van der Waals surface area contributed by atoms with Crippen molar-refractivity contribution in [3.63, 3.8) is 0 Å². The molecule has 0 saturated heterocycles. The van der Waals surface area contributed by atoms with Crippen LogP contribution in [0.4, 0.5) is 4.79 Å². The van der Waals surface area contributed by atoms with Crippen molar-refractivity contribution < 1.29 is 13.9 Å². The number of aromatic nitrogens is 1. The summed E-state index contributed by atoms with van der Waals surface area (Å²) >= 11 is 0. The summed E-state index contributed by atoms with van der Waals surface area (Å²) in [5, 5.41) is 2.68. The highest BCUT2D eigenvalue weighted by Gasteiger charge is 2.17. The van der Waals surface area contributed by atoms with E-state index < -0.39 is 11.7 Å². The van der Waals surface area contributed by atoms with Gasteiger partial charge in [0.1, 0.15) is 17.1 Å². The third kappa shape index (κ3) is 4.34. The van der Waals surface area contributed by atoms with Crippen LogP contribution in [0.1, 0.15) is 32.2 Å². The monoisotopic (exact) mass is 288 g/mol. The first kappa shape index (κ1) is 15.1. The summed E-state index contributed by atoms with van der Waals surface area (Å²) in [6.07, 6.45) is -0.467. The number of carbonyl (C=O) groups is 1. The van der Waals surface area contributed by atoms with Gasteiger partial charge in [-0.05, 0) is 39.8 Å². The summed E-state index contributed by atoms with van der Waals surface area (Å²) in [4.78, 5) is 16.0. The van der Waals surface area contributed by atoms with Crippen molar-refractivity contribution in [2.75, 3.05) is 0 Å². The van der Waals surface area contributed by atoms with Crippen molar-refractivity contribution in [1.82, 2.24) is 10.3 Å². The van der Waals surface area contributed by atoms with E-state index in [2.05, 4.69) is 10.3 Å². The van der Waals surface area contributed by atoms with Gasteiger partial charge in [0.2, 0.25) is 5.89 Å². The predicted molar refractivity (Wildman–Crippen MR) is 79.7 cm³/mol. The number of hydrogen-bond donors (Lipinski definition) is 1. The lowest BCUT2D eigenvalue weighted by Gasteiger charge is -2.19. The Labute approximate surface area is 124 Å². The largest absolute Gasteiger partial charge is 0.444 e. The Hall–Kier alpha value is -2.30. The SMILES string of the molecule is Cc1oc(-c2ccccc2)nc1CNC(=O)OC(C)(C)C. The minimum Gasteiger partial charge on any atom is -0.444 e. The number of ether oxygens (including phenoxy) is 1. The minimum atomic E-state index is -0.516. The molecule has 5 heteroatoms. The standard InChI is InChI=1S/C16H20N2O3/c1-11-13(10-17-15(19)21-16(2,3)4)18-14(20-11)12-8-6-5-7-9-12/h5-9H,10H2,1-4H3,(H,17,19). The first-order chi connectivity index (χ1) is 9.85. The van der Waals surface area contributed by atoms with Crippen LogP contribution in [0.2, 0.25) is 0 Å². The average Bonchev–Trinajstić information content (AvgIpc) is 2.77. The van der Waals surface area contributed by atoms with Crippen molar-refractivity contribution in [1.29, 1.82) is 0 Å². The lowest BCUT2D eigenvalue weighted by atomic mass is 10.2. The molecule has 1 aromatic carbocycles. The number of carbonyl (C=O) groups excluding carboxylic acids is 1. The van der Waals surface area contributed by atoms with Crippen molar-refractivity contribution in [3.8, 4) is 11.5 Å². The number of nitrogens with one attached hydrogen (secondary N) is 1. The highest BCUT2D eigenvalue weighted by molar-refractivity contribution is 5.67. The van der Waals surface area contributed by atoms with Gasteiger partial charge in [0.25, 0.3) is 0 Å². The molecule has 2 aromatic rings. The first-order valence-corrected chi connectivity index (χ1v) is 6.84. The zero-order valence-corrected chi connectivity index (χ0v) is 12.8. The topological polar surface area (TPSA) is 64.4 Å². The summed E-state index contributed by atoms with van der Waals surface area (Å²) < 4.78 is 10.8. The van der Waals surface area contributed by atoms with Crippen LogP contribution >= 0.6 is 0 Å². The van der Waals surface area contributed by atoms with Gasteiger partial charge < -0.3 is 14.5 Å². The zero-order valence-electron chi connectivity index (χ0n) is 12.8. The predicted octanol–water partition coefficient (Wildman–Crippen LogP) is 3.67. The van der Waals surface area contributed by atoms with Crippen LogP contribution < -0.4 is 5.32 Å². The van der Waals surface area contributed by atoms with E-state index in [1.165, 1.54) is 0 Å². The Balaban J connectivity index is 2.02. The van der Waals surface area contributed by atoms with E-state index in [0.717, 1.165) is 5.56 Å². The molecule has 1 amide bonds. The number of rotatable bonds is 3. The Kier molecular flexibility index (Phi) is 4.31. The molecule has 0 fully saturated rings. The maximum Gasteiger partial charge on any atom is 0.407 e. The molecule has 1 heterocycles. The lowest BCUT2D eigenvalue weighted by molar-refractivity contribution is 0.0523. The molecule has 0 aliphatic carbocycles. The molecule has 2 rings (SSSR count). The van der Waals surface area contributed by atoms with Crippen LogP contribution in [-0.4, -0.2) is 16.7 Å². The number of alkyl carbamates (subject to hydrolysis) is 1. The lowest BCUT2D eigenvalue weighted by Crippen LogP contribution is -2.32. The van der Waals surface area contributed by atoms with E-state index >= 15 is 0 Å². The van der Waals surface area contributed by atoms with Crippen molar-refractivity contribution >= 4 is 6.09 Å². The van der Waals surface area contributed by atoms with Crippen LogP contribution in [0.5, 0.6) is 0 Å². The van der Waals surface area contributed by atoms with Crippen LogP contribution in [0.15, 0.2) is 34.7 Å². The molecular formula is C16H20N2O3. The minimum absolute atomic E-state index is 0.275. The van der Waals surface area contributed by atoms with Gasteiger partial charge in [-0.15, -0.1) is 0 Å².